The molecule has 0 saturated heterocycles. The van der Waals surface area contributed by atoms with Crippen molar-refractivity contribution in [2.24, 2.45) is 0 Å². The Morgan fingerprint density at radius 2 is 2.11 bits per heavy atom. The lowest BCUT2D eigenvalue weighted by molar-refractivity contribution is -0.137. The van der Waals surface area contributed by atoms with Gasteiger partial charge in [-0.1, -0.05) is 45.9 Å². The summed E-state index contributed by atoms with van der Waals surface area (Å²) in [7, 11) is 0. The maximum absolute atomic E-state index is 12.4. The van der Waals surface area contributed by atoms with Crippen LogP contribution in [0.4, 0.5) is 13.2 Å². The minimum absolute atomic E-state index is 0.00568. The summed E-state index contributed by atoms with van der Waals surface area (Å²) in [6, 6.07) is 3.46. The molecule has 0 unspecified atom stereocenters. The van der Waals surface area contributed by atoms with Crippen molar-refractivity contribution in [2.45, 2.75) is 13.1 Å². The van der Waals surface area contributed by atoms with Gasteiger partial charge in [-0.05, 0) is 17.7 Å². The van der Waals surface area contributed by atoms with Crippen molar-refractivity contribution in [1.82, 2.24) is 0 Å². The first-order chi connectivity index (χ1) is 8.30. The highest BCUT2D eigenvalue weighted by molar-refractivity contribution is 9.10. The van der Waals surface area contributed by atoms with Crippen LogP contribution < -0.4 is 0 Å². The average Bonchev–Trinajstić information content (AvgIpc) is 2.24. The van der Waals surface area contributed by atoms with Crippen LogP contribution in [0.15, 0.2) is 28.7 Å². The summed E-state index contributed by atoms with van der Waals surface area (Å²) in [5.74, 6) is 0.503. The molecule has 0 aliphatic heterocycles. The third-order valence-electron chi connectivity index (χ3n) is 2.01. The van der Waals surface area contributed by atoms with Gasteiger partial charge in [0.1, 0.15) is 0 Å². The third-order valence-corrected chi connectivity index (χ3v) is 3.46. The topological polar surface area (TPSA) is 17.1 Å². The van der Waals surface area contributed by atoms with E-state index in [1.807, 2.05) is 0 Å². The molecule has 0 amide bonds. The number of alkyl halides is 3. The fraction of sp³-hybridized carbons (Fsp3) is 0.250. The summed E-state index contributed by atoms with van der Waals surface area (Å²) in [5, 5.41) is 0.00568. The Morgan fingerprint density at radius 3 is 2.61 bits per heavy atom. The monoisotopic (exact) mass is 338 g/mol. The van der Waals surface area contributed by atoms with Crippen LogP contribution in [0.1, 0.15) is 18.1 Å². The van der Waals surface area contributed by atoms with Gasteiger partial charge in [0.2, 0.25) is 0 Å². The van der Waals surface area contributed by atoms with Gasteiger partial charge in [0.25, 0.3) is 0 Å². The second-order valence-corrected chi connectivity index (χ2v) is 5.49. The number of hydrogen-bond donors (Lipinski definition) is 0. The molecule has 1 rings (SSSR count). The van der Waals surface area contributed by atoms with Gasteiger partial charge >= 0.3 is 6.18 Å². The van der Waals surface area contributed by atoms with Gasteiger partial charge in [-0.3, -0.25) is 4.79 Å². The Kier molecular flexibility index (Phi) is 5.47. The number of thioether (sulfide) groups is 1. The van der Waals surface area contributed by atoms with Crippen LogP contribution in [-0.4, -0.2) is 10.9 Å². The minimum Gasteiger partial charge on any atom is -0.288 e. The van der Waals surface area contributed by atoms with Gasteiger partial charge in [0.05, 0.1) is 5.56 Å². The molecule has 98 valence electrons. The van der Waals surface area contributed by atoms with Crippen molar-refractivity contribution >= 4 is 38.9 Å². The molecular formula is C12H10BrF3OS. The number of halogens is 4. The molecule has 0 heterocycles. The number of carbonyl (C=O) groups excluding carboxylic acids is 1. The van der Waals surface area contributed by atoms with Crippen molar-refractivity contribution in [2.75, 3.05) is 5.75 Å². The predicted octanol–water partition coefficient (Wildman–Crippen LogP) is 4.76. The largest absolute Gasteiger partial charge is 0.416 e. The van der Waals surface area contributed by atoms with E-state index in [1.165, 1.54) is 13.0 Å². The van der Waals surface area contributed by atoms with E-state index in [0.29, 0.717) is 15.8 Å². The van der Waals surface area contributed by atoms with E-state index in [9.17, 15) is 18.0 Å². The Balaban J connectivity index is 2.77. The molecular weight excluding hydrogens is 329 g/mol. The molecule has 6 heteroatoms. The SMILES string of the molecule is CC(=O)SCC=Cc1ccc(C(F)(F)F)cc1Br. The molecule has 1 nitrogen and oxygen atoms in total. The van der Waals surface area contributed by atoms with Crippen molar-refractivity contribution in [3.63, 3.8) is 0 Å². The highest BCUT2D eigenvalue weighted by atomic mass is 79.9. The van der Waals surface area contributed by atoms with Gasteiger partial charge in [-0.2, -0.15) is 13.2 Å². The number of carbonyl (C=O) groups is 1. The Labute approximate surface area is 116 Å². The molecule has 0 atom stereocenters. The molecule has 0 saturated carbocycles. The predicted molar refractivity (Wildman–Crippen MR) is 71.3 cm³/mol. The Hall–Kier alpha value is -0.750. The van der Waals surface area contributed by atoms with Gasteiger partial charge in [-0.25, -0.2) is 0 Å². The van der Waals surface area contributed by atoms with Crippen LogP contribution in [0.2, 0.25) is 0 Å². The molecule has 18 heavy (non-hydrogen) atoms. The highest BCUT2D eigenvalue weighted by Gasteiger charge is 2.30. The summed E-state index contributed by atoms with van der Waals surface area (Å²) in [6.07, 6.45) is -0.922. The van der Waals surface area contributed by atoms with Crippen molar-refractivity contribution < 1.29 is 18.0 Å². The highest BCUT2D eigenvalue weighted by Crippen LogP contribution is 2.32. The van der Waals surface area contributed by atoms with E-state index in [0.717, 1.165) is 23.9 Å². The summed E-state index contributed by atoms with van der Waals surface area (Å²) in [6.45, 7) is 1.46. The van der Waals surface area contributed by atoms with Crippen molar-refractivity contribution in [3.8, 4) is 0 Å². The number of rotatable bonds is 3. The summed E-state index contributed by atoms with van der Waals surface area (Å²) < 4.78 is 37.6. The zero-order chi connectivity index (χ0) is 13.8. The minimum atomic E-state index is -4.34. The van der Waals surface area contributed by atoms with Gasteiger partial charge in [-0.15, -0.1) is 0 Å². The van der Waals surface area contributed by atoms with Gasteiger partial charge < -0.3 is 0 Å². The quantitative estimate of drug-likeness (QED) is 0.790. The molecule has 1 aromatic carbocycles. The molecule has 0 N–H and O–H groups in total. The van der Waals surface area contributed by atoms with Crippen LogP contribution >= 0.6 is 27.7 Å². The molecule has 1 aromatic rings. The molecule has 0 aliphatic rings. The molecule has 0 spiro atoms. The van der Waals surface area contributed by atoms with Crippen LogP contribution in [-0.2, 0) is 11.0 Å². The van der Waals surface area contributed by atoms with E-state index < -0.39 is 11.7 Å². The zero-order valence-corrected chi connectivity index (χ0v) is 11.8. The lowest BCUT2D eigenvalue weighted by Gasteiger charge is -2.08. The first-order valence-electron chi connectivity index (χ1n) is 4.97. The third kappa shape index (κ3) is 4.86. The smallest absolute Gasteiger partial charge is 0.288 e. The fourth-order valence-corrected chi connectivity index (χ4v) is 2.12. The first kappa shape index (κ1) is 15.3. The van der Waals surface area contributed by atoms with Crippen LogP contribution in [0, 0.1) is 0 Å². The van der Waals surface area contributed by atoms with Crippen LogP contribution in [0.5, 0.6) is 0 Å². The van der Waals surface area contributed by atoms with Crippen molar-refractivity contribution in [3.05, 3.63) is 39.9 Å². The van der Waals surface area contributed by atoms with E-state index >= 15 is 0 Å². The van der Waals surface area contributed by atoms with Crippen LogP contribution in [0.25, 0.3) is 6.08 Å². The van der Waals surface area contributed by atoms with Crippen molar-refractivity contribution in [1.29, 1.82) is 0 Å². The number of hydrogen-bond acceptors (Lipinski definition) is 2. The summed E-state index contributed by atoms with van der Waals surface area (Å²) in [4.78, 5) is 10.7. The molecule has 0 radical (unpaired) electrons. The van der Waals surface area contributed by atoms with Gasteiger partial charge in [0.15, 0.2) is 5.12 Å². The maximum Gasteiger partial charge on any atom is 0.416 e. The van der Waals surface area contributed by atoms with E-state index in [2.05, 4.69) is 15.9 Å². The Bertz CT molecular complexity index is 469. The second-order valence-electron chi connectivity index (χ2n) is 3.44. The molecule has 0 aromatic heterocycles. The van der Waals surface area contributed by atoms with E-state index in [4.69, 9.17) is 0 Å². The fourth-order valence-electron chi connectivity index (χ4n) is 1.18. The molecule has 0 aliphatic carbocycles. The Morgan fingerprint density at radius 1 is 1.44 bits per heavy atom. The molecule has 0 bridgehead atoms. The lowest BCUT2D eigenvalue weighted by Crippen LogP contribution is -2.04. The summed E-state index contributed by atoms with van der Waals surface area (Å²) in [5.41, 5.74) is -0.0446. The standard InChI is InChI=1S/C12H10BrF3OS/c1-8(17)18-6-2-3-9-4-5-10(7-11(9)13)12(14,15)16/h2-5,7H,6H2,1H3. The lowest BCUT2D eigenvalue weighted by atomic mass is 10.1. The number of benzene rings is 1. The van der Waals surface area contributed by atoms with Crippen LogP contribution in [0.3, 0.4) is 0 Å². The van der Waals surface area contributed by atoms with E-state index in [-0.39, 0.29) is 5.12 Å². The average molecular weight is 339 g/mol. The normalized spacial score (nSPS) is 12.1. The van der Waals surface area contributed by atoms with Gasteiger partial charge in [0, 0.05) is 17.1 Å². The molecule has 0 fully saturated rings. The summed E-state index contributed by atoms with van der Waals surface area (Å²) >= 11 is 4.24. The zero-order valence-electron chi connectivity index (χ0n) is 9.42. The maximum atomic E-state index is 12.4. The first-order valence-corrected chi connectivity index (χ1v) is 6.75. The second kappa shape index (κ2) is 6.43. The van der Waals surface area contributed by atoms with E-state index in [1.54, 1.807) is 12.2 Å².